The molecule has 6 heteroatoms. The molecule has 0 aliphatic carbocycles. The van der Waals surface area contributed by atoms with E-state index in [1.54, 1.807) is 18.9 Å². The third-order valence-corrected chi connectivity index (χ3v) is 4.60. The fourth-order valence-corrected chi connectivity index (χ4v) is 3.19. The molecule has 0 bridgehead atoms. The molecule has 0 N–H and O–H groups in total. The van der Waals surface area contributed by atoms with Crippen LogP contribution < -0.4 is 4.74 Å². The molecule has 0 saturated carbocycles. The van der Waals surface area contributed by atoms with Gasteiger partial charge in [0.25, 0.3) is 5.89 Å². The van der Waals surface area contributed by atoms with Crippen molar-refractivity contribution in [3.63, 3.8) is 0 Å². The standard InChI is InChI=1S/C17H15ClN2O2S/c1-21-14-8-6-12(7-9-14)17-19-16(20-22-17)11-23-10-13-4-2-3-5-15(13)18/h2-9H,10-11H2,1H3. The Morgan fingerprint density at radius 1 is 1.09 bits per heavy atom. The molecular formula is C17H15ClN2O2S. The summed E-state index contributed by atoms with van der Waals surface area (Å²) < 4.78 is 10.4. The van der Waals surface area contributed by atoms with Crippen molar-refractivity contribution in [1.82, 2.24) is 10.1 Å². The summed E-state index contributed by atoms with van der Waals surface area (Å²) in [7, 11) is 1.63. The third kappa shape index (κ3) is 4.06. The second-order valence-corrected chi connectivity index (χ2v) is 6.22. The van der Waals surface area contributed by atoms with Crippen LogP contribution in [-0.4, -0.2) is 17.3 Å². The van der Waals surface area contributed by atoms with Gasteiger partial charge in [-0.05, 0) is 35.9 Å². The Kier molecular flexibility index (Phi) is 5.20. The molecule has 0 fully saturated rings. The van der Waals surface area contributed by atoms with E-state index in [0.29, 0.717) is 17.5 Å². The highest BCUT2D eigenvalue weighted by molar-refractivity contribution is 7.97. The number of hydrogen-bond donors (Lipinski definition) is 0. The predicted molar refractivity (Wildman–Crippen MR) is 92.7 cm³/mol. The zero-order valence-electron chi connectivity index (χ0n) is 12.5. The molecule has 3 aromatic rings. The van der Waals surface area contributed by atoms with Gasteiger partial charge in [0, 0.05) is 16.3 Å². The first-order valence-corrected chi connectivity index (χ1v) is 8.57. The minimum absolute atomic E-state index is 0.515. The molecule has 1 aromatic heterocycles. The lowest BCUT2D eigenvalue weighted by Gasteiger charge is -2.01. The van der Waals surface area contributed by atoms with Crippen molar-refractivity contribution in [3.8, 4) is 17.2 Å². The summed E-state index contributed by atoms with van der Waals surface area (Å²) in [5.41, 5.74) is 1.98. The van der Waals surface area contributed by atoms with Crippen LogP contribution in [0, 0.1) is 0 Å². The van der Waals surface area contributed by atoms with E-state index in [1.807, 2.05) is 48.5 Å². The largest absolute Gasteiger partial charge is 0.497 e. The van der Waals surface area contributed by atoms with Gasteiger partial charge in [0.05, 0.1) is 12.9 Å². The topological polar surface area (TPSA) is 48.2 Å². The number of aromatic nitrogens is 2. The average Bonchev–Trinajstić information content (AvgIpc) is 3.06. The highest BCUT2D eigenvalue weighted by Gasteiger charge is 2.09. The van der Waals surface area contributed by atoms with Gasteiger partial charge in [0.1, 0.15) is 5.75 Å². The normalized spacial score (nSPS) is 10.7. The molecule has 118 valence electrons. The van der Waals surface area contributed by atoms with Crippen molar-refractivity contribution < 1.29 is 9.26 Å². The molecular weight excluding hydrogens is 332 g/mol. The van der Waals surface area contributed by atoms with Crippen LogP contribution in [0.15, 0.2) is 53.1 Å². The number of benzene rings is 2. The number of methoxy groups -OCH3 is 1. The number of halogens is 1. The van der Waals surface area contributed by atoms with Crippen LogP contribution in [0.4, 0.5) is 0 Å². The molecule has 0 unspecified atom stereocenters. The van der Waals surface area contributed by atoms with Gasteiger partial charge in [-0.2, -0.15) is 4.98 Å². The molecule has 0 spiro atoms. The Morgan fingerprint density at radius 2 is 1.87 bits per heavy atom. The first kappa shape index (κ1) is 15.9. The third-order valence-electron chi connectivity index (χ3n) is 3.25. The van der Waals surface area contributed by atoms with E-state index in [0.717, 1.165) is 27.7 Å². The zero-order chi connectivity index (χ0) is 16.1. The Morgan fingerprint density at radius 3 is 2.61 bits per heavy atom. The Hall–Kier alpha value is -1.98. The lowest BCUT2D eigenvalue weighted by atomic mass is 10.2. The fourth-order valence-electron chi connectivity index (χ4n) is 2.03. The summed E-state index contributed by atoms with van der Waals surface area (Å²) in [5.74, 6) is 3.47. The van der Waals surface area contributed by atoms with Crippen molar-refractivity contribution >= 4 is 23.4 Å². The molecule has 23 heavy (non-hydrogen) atoms. The smallest absolute Gasteiger partial charge is 0.257 e. The second-order valence-electron chi connectivity index (χ2n) is 4.83. The summed E-state index contributed by atoms with van der Waals surface area (Å²) in [6.45, 7) is 0. The van der Waals surface area contributed by atoms with Gasteiger partial charge >= 0.3 is 0 Å². The van der Waals surface area contributed by atoms with E-state index in [1.165, 1.54) is 0 Å². The summed E-state index contributed by atoms with van der Waals surface area (Å²) in [5, 5.41) is 4.80. The number of nitrogens with zero attached hydrogens (tertiary/aromatic N) is 2. The lowest BCUT2D eigenvalue weighted by molar-refractivity contribution is 0.414. The minimum atomic E-state index is 0.515. The predicted octanol–water partition coefficient (Wildman–Crippen LogP) is 4.83. The quantitative estimate of drug-likeness (QED) is 0.639. The summed E-state index contributed by atoms with van der Waals surface area (Å²) in [6.07, 6.45) is 0. The summed E-state index contributed by atoms with van der Waals surface area (Å²) in [6, 6.07) is 15.4. The maximum Gasteiger partial charge on any atom is 0.257 e. The van der Waals surface area contributed by atoms with Crippen molar-refractivity contribution in [2.75, 3.05) is 7.11 Å². The first-order valence-electron chi connectivity index (χ1n) is 7.04. The highest BCUT2D eigenvalue weighted by Crippen LogP contribution is 2.24. The van der Waals surface area contributed by atoms with Gasteiger partial charge in [-0.3, -0.25) is 0 Å². The van der Waals surface area contributed by atoms with Crippen LogP contribution in [0.25, 0.3) is 11.5 Å². The number of hydrogen-bond acceptors (Lipinski definition) is 5. The highest BCUT2D eigenvalue weighted by atomic mass is 35.5. The zero-order valence-corrected chi connectivity index (χ0v) is 14.1. The summed E-state index contributed by atoms with van der Waals surface area (Å²) >= 11 is 7.84. The monoisotopic (exact) mass is 346 g/mol. The van der Waals surface area contributed by atoms with Crippen molar-refractivity contribution in [3.05, 3.63) is 64.9 Å². The van der Waals surface area contributed by atoms with Crippen LogP contribution in [-0.2, 0) is 11.5 Å². The van der Waals surface area contributed by atoms with Gasteiger partial charge in [-0.15, -0.1) is 11.8 Å². The Bertz CT molecular complexity index is 774. The fraction of sp³-hybridized carbons (Fsp3) is 0.176. The lowest BCUT2D eigenvalue weighted by Crippen LogP contribution is -1.87. The molecule has 4 nitrogen and oxygen atoms in total. The Labute approximate surface area is 143 Å². The summed E-state index contributed by atoms with van der Waals surface area (Å²) in [4.78, 5) is 4.42. The molecule has 1 heterocycles. The van der Waals surface area contributed by atoms with Crippen molar-refractivity contribution in [2.24, 2.45) is 0 Å². The van der Waals surface area contributed by atoms with Crippen molar-refractivity contribution in [1.29, 1.82) is 0 Å². The van der Waals surface area contributed by atoms with Gasteiger partial charge < -0.3 is 9.26 Å². The van der Waals surface area contributed by atoms with Gasteiger partial charge in [-0.1, -0.05) is 35.0 Å². The van der Waals surface area contributed by atoms with Gasteiger partial charge in [0.2, 0.25) is 0 Å². The molecule has 0 radical (unpaired) electrons. The molecule has 2 aromatic carbocycles. The second kappa shape index (κ2) is 7.53. The van der Waals surface area contributed by atoms with E-state index >= 15 is 0 Å². The number of ether oxygens (including phenoxy) is 1. The molecule has 0 atom stereocenters. The molecule has 0 aliphatic heterocycles. The SMILES string of the molecule is COc1ccc(-c2nc(CSCc3ccccc3Cl)no2)cc1. The van der Waals surface area contributed by atoms with Crippen LogP contribution in [0.2, 0.25) is 5.02 Å². The maximum absolute atomic E-state index is 6.14. The van der Waals surface area contributed by atoms with Crippen LogP contribution in [0.3, 0.4) is 0 Å². The number of thioether (sulfide) groups is 1. The van der Waals surface area contributed by atoms with E-state index in [2.05, 4.69) is 10.1 Å². The van der Waals surface area contributed by atoms with Crippen LogP contribution in [0.1, 0.15) is 11.4 Å². The molecule has 0 saturated heterocycles. The Balaban J connectivity index is 1.60. The van der Waals surface area contributed by atoms with Crippen LogP contribution in [0.5, 0.6) is 5.75 Å². The van der Waals surface area contributed by atoms with E-state index in [4.69, 9.17) is 20.9 Å². The minimum Gasteiger partial charge on any atom is -0.497 e. The molecule has 0 aliphatic rings. The van der Waals surface area contributed by atoms with E-state index in [-0.39, 0.29) is 0 Å². The van der Waals surface area contributed by atoms with Crippen LogP contribution >= 0.6 is 23.4 Å². The van der Waals surface area contributed by atoms with E-state index < -0.39 is 0 Å². The van der Waals surface area contributed by atoms with E-state index in [9.17, 15) is 0 Å². The molecule has 0 amide bonds. The average molecular weight is 347 g/mol. The van der Waals surface area contributed by atoms with Crippen molar-refractivity contribution in [2.45, 2.75) is 11.5 Å². The van der Waals surface area contributed by atoms with Gasteiger partial charge in [0.15, 0.2) is 5.82 Å². The van der Waals surface area contributed by atoms with Gasteiger partial charge in [-0.25, -0.2) is 0 Å². The molecule has 3 rings (SSSR count). The number of rotatable bonds is 6. The maximum atomic E-state index is 6.14. The first-order chi connectivity index (χ1) is 11.3.